The first kappa shape index (κ1) is 12.3. The molecule has 0 radical (unpaired) electrons. The van der Waals surface area contributed by atoms with Crippen molar-refractivity contribution in [1.82, 2.24) is 4.37 Å². The third-order valence-electron chi connectivity index (χ3n) is 2.86. The number of carbonyl (C=O) groups is 1. The third-order valence-corrected chi connectivity index (χ3v) is 3.81. The number of hydrogen-bond acceptors (Lipinski definition) is 3. The first-order chi connectivity index (χ1) is 7.87. The van der Waals surface area contributed by atoms with Crippen LogP contribution < -0.4 is 0 Å². The molecule has 1 atom stereocenters. The molecule has 3 nitrogen and oxygen atoms in total. The van der Waals surface area contributed by atoms with Crippen LogP contribution in [-0.2, 0) is 12.8 Å². The number of nitrogens with zero attached hydrogens (tertiary/aromatic N) is 1. The van der Waals surface area contributed by atoms with E-state index in [2.05, 4.69) is 4.37 Å². The van der Waals surface area contributed by atoms with E-state index in [-0.39, 0.29) is 12.1 Å². The third kappa shape index (κ3) is 2.77. The van der Waals surface area contributed by atoms with Gasteiger partial charge in [-0.2, -0.15) is 17.5 Å². The Morgan fingerprint density at radius 2 is 2.24 bits per heavy atom. The number of halogens is 3. The van der Waals surface area contributed by atoms with Crippen LogP contribution in [0, 0.1) is 5.92 Å². The fraction of sp³-hybridized carbons (Fsp3) is 0.600. The van der Waals surface area contributed by atoms with E-state index >= 15 is 0 Å². The molecule has 0 aromatic carbocycles. The predicted molar refractivity (Wildman–Crippen MR) is 55.3 cm³/mol. The molecule has 94 valence electrons. The fourth-order valence-corrected chi connectivity index (χ4v) is 3.03. The number of fused-ring (bicyclic) bond motifs is 1. The van der Waals surface area contributed by atoms with Crippen molar-refractivity contribution in [3.8, 4) is 0 Å². The van der Waals surface area contributed by atoms with Gasteiger partial charge < -0.3 is 5.11 Å². The Morgan fingerprint density at radius 1 is 1.53 bits per heavy atom. The minimum atomic E-state index is -4.19. The molecule has 0 fully saturated rings. The number of hydrogen-bond donors (Lipinski definition) is 1. The minimum Gasteiger partial charge on any atom is -0.476 e. The number of carboxylic acids is 1. The fourth-order valence-electron chi connectivity index (χ4n) is 2.15. The summed E-state index contributed by atoms with van der Waals surface area (Å²) in [6, 6.07) is 0. The zero-order valence-electron chi connectivity index (χ0n) is 8.75. The molecule has 7 heteroatoms. The van der Waals surface area contributed by atoms with Crippen LogP contribution in [0.4, 0.5) is 13.2 Å². The van der Waals surface area contributed by atoms with E-state index in [0.29, 0.717) is 18.4 Å². The van der Waals surface area contributed by atoms with Gasteiger partial charge in [-0.25, -0.2) is 4.79 Å². The van der Waals surface area contributed by atoms with Gasteiger partial charge >= 0.3 is 12.1 Å². The zero-order valence-corrected chi connectivity index (χ0v) is 9.57. The lowest BCUT2D eigenvalue weighted by Gasteiger charge is -2.22. The van der Waals surface area contributed by atoms with Gasteiger partial charge in [-0.1, -0.05) is 0 Å². The summed E-state index contributed by atoms with van der Waals surface area (Å²) >= 11 is 1.09. The summed E-state index contributed by atoms with van der Waals surface area (Å²) in [5.74, 6) is -1.67. The lowest BCUT2D eigenvalue weighted by Crippen LogP contribution is -2.21. The van der Waals surface area contributed by atoms with Crippen LogP contribution in [0.1, 0.15) is 33.8 Å². The quantitative estimate of drug-likeness (QED) is 0.894. The van der Waals surface area contributed by atoms with Crippen LogP contribution in [-0.4, -0.2) is 21.6 Å². The Morgan fingerprint density at radius 3 is 2.82 bits per heavy atom. The van der Waals surface area contributed by atoms with E-state index in [1.54, 1.807) is 0 Å². The number of aromatic nitrogens is 1. The molecule has 1 unspecified atom stereocenters. The number of aromatic carboxylic acids is 1. The van der Waals surface area contributed by atoms with Crippen LogP contribution in [0.25, 0.3) is 0 Å². The van der Waals surface area contributed by atoms with Crippen LogP contribution in [0.3, 0.4) is 0 Å². The Labute approximate surface area is 99.4 Å². The highest BCUT2D eigenvalue weighted by atomic mass is 32.1. The second-order valence-corrected chi connectivity index (χ2v) is 5.02. The normalized spacial score (nSPS) is 20.1. The molecule has 0 saturated heterocycles. The van der Waals surface area contributed by atoms with Gasteiger partial charge in [0.1, 0.15) is 0 Å². The maximum absolute atomic E-state index is 12.3. The van der Waals surface area contributed by atoms with Gasteiger partial charge in [0.05, 0.1) is 0 Å². The molecule has 0 saturated carbocycles. The second-order valence-electron chi connectivity index (χ2n) is 4.17. The molecule has 0 amide bonds. The van der Waals surface area contributed by atoms with Crippen molar-refractivity contribution in [1.29, 1.82) is 0 Å². The lowest BCUT2D eigenvalue weighted by molar-refractivity contribution is -0.145. The van der Waals surface area contributed by atoms with Crippen LogP contribution in [0.2, 0.25) is 0 Å². The zero-order chi connectivity index (χ0) is 12.6. The molecular formula is C10H10F3NO2S. The molecule has 0 bridgehead atoms. The summed E-state index contributed by atoms with van der Waals surface area (Å²) in [6.45, 7) is 0. The van der Waals surface area contributed by atoms with Gasteiger partial charge in [0.15, 0.2) is 5.69 Å². The molecule has 1 aliphatic carbocycles. The lowest BCUT2D eigenvalue weighted by atomic mass is 9.85. The highest BCUT2D eigenvalue weighted by Crippen LogP contribution is 2.36. The number of alkyl halides is 3. The second kappa shape index (κ2) is 4.29. The van der Waals surface area contributed by atoms with Crippen molar-refractivity contribution in [3.63, 3.8) is 0 Å². The molecule has 0 spiro atoms. The summed E-state index contributed by atoms with van der Waals surface area (Å²) in [7, 11) is 0. The largest absolute Gasteiger partial charge is 0.476 e. The van der Waals surface area contributed by atoms with Gasteiger partial charge in [0.2, 0.25) is 0 Å². The smallest absolute Gasteiger partial charge is 0.389 e. The number of carboxylic acid groups (broad SMARTS) is 1. The van der Waals surface area contributed by atoms with E-state index in [1.807, 2.05) is 0 Å². The average molecular weight is 265 g/mol. The SMILES string of the molecule is O=C(O)c1nsc2c1CC(CC(F)(F)F)CC2. The maximum atomic E-state index is 12.3. The molecule has 17 heavy (non-hydrogen) atoms. The van der Waals surface area contributed by atoms with E-state index < -0.39 is 24.5 Å². The highest BCUT2D eigenvalue weighted by Gasteiger charge is 2.35. The molecule has 1 aromatic rings. The summed E-state index contributed by atoms with van der Waals surface area (Å²) in [5.41, 5.74) is 0.430. The van der Waals surface area contributed by atoms with E-state index in [1.165, 1.54) is 0 Å². The Bertz CT molecular complexity index is 441. The summed E-state index contributed by atoms with van der Waals surface area (Å²) in [4.78, 5) is 11.7. The van der Waals surface area contributed by atoms with Crippen molar-refractivity contribution in [2.45, 2.75) is 31.9 Å². The molecule has 1 aromatic heterocycles. The number of rotatable bonds is 2. The molecule has 2 rings (SSSR count). The van der Waals surface area contributed by atoms with E-state index in [9.17, 15) is 18.0 Å². The molecule has 1 heterocycles. The van der Waals surface area contributed by atoms with E-state index in [0.717, 1.165) is 16.4 Å². The Kier molecular flexibility index (Phi) is 3.11. The monoisotopic (exact) mass is 265 g/mol. The predicted octanol–water partition coefficient (Wildman–Crippen LogP) is 2.90. The van der Waals surface area contributed by atoms with Gasteiger partial charge in [0, 0.05) is 16.9 Å². The van der Waals surface area contributed by atoms with Crippen LogP contribution >= 0.6 is 11.5 Å². The maximum Gasteiger partial charge on any atom is 0.389 e. The molecular weight excluding hydrogens is 255 g/mol. The molecule has 1 aliphatic rings. The first-order valence-corrected chi connectivity index (χ1v) is 5.91. The Balaban J connectivity index is 2.17. The van der Waals surface area contributed by atoms with Crippen molar-refractivity contribution in [2.24, 2.45) is 5.92 Å². The minimum absolute atomic E-state index is 0.0723. The topological polar surface area (TPSA) is 50.2 Å². The summed E-state index contributed by atoms with van der Waals surface area (Å²) in [5, 5.41) is 8.87. The number of aryl methyl sites for hydroxylation is 1. The average Bonchev–Trinajstić information content (AvgIpc) is 2.57. The van der Waals surface area contributed by atoms with Gasteiger partial charge in [-0.15, -0.1) is 0 Å². The van der Waals surface area contributed by atoms with Crippen molar-refractivity contribution >= 4 is 17.5 Å². The summed E-state index contributed by atoms with van der Waals surface area (Å²) < 4.78 is 40.6. The van der Waals surface area contributed by atoms with Crippen LogP contribution in [0.5, 0.6) is 0 Å². The van der Waals surface area contributed by atoms with Gasteiger partial charge in [0.25, 0.3) is 0 Å². The van der Waals surface area contributed by atoms with Crippen LogP contribution in [0.15, 0.2) is 0 Å². The Hall–Kier alpha value is -1.11. The summed E-state index contributed by atoms with van der Waals surface area (Å²) in [6.07, 6.45) is -3.90. The molecule has 1 N–H and O–H groups in total. The first-order valence-electron chi connectivity index (χ1n) is 5.14. The van der Waals surface area contributed by atoms with Gasteiger partial charge in [-0.05, 0) is 36.7 Å². The van der Waals surface area contributed by atoms with Crippen molar-refractivity contribution < 1.29 is 23.1 Å². The highest BCUT2D eigenvalue weighted by molar-refractivity contribution is 7.06. The molecule has 0 aliphatic heterocycles. The van der Waals surface area contributed by atoms with E-state index in [4.69, 9.17) is 5.11 Å². The van der Waals surface area contributed by atoms with Gasteiger partial charge in [-0.3, -0.25) is 0 Å². The van der Waals surface area contributed by atoms with Crippen molar-refractivity contribution in [2.75, 3.05) is 0 Å². The van der Waals surface area contributed by atoms with Crippen molar-refractivity contribution in [3.05, 3.63) is 16.1 Å². The standard InChI is InChI=1S/C10H10F3NO2S/c11-10(12,13)4-5-1-2-7-6(3-5)8(9(15)16)14-17-7/h5H,1-4H2,(H,15,16).